The van der Waals surface area contributed by atoms with E-state index in [-0.39, 0.29) is 5.41 Å². The summed E-state index contributed by atoms with van der Waals surface area (Å²) < 4.78 is 2.00. The number of amides is 1. The van der Waals surface area contributed by atoms with Crippen LogP contribution in [-0.4, -0.2) is 46.8 Å². The molecule has 3 aromatic rings. The number of rotatable bonds is 4. The minimum Gasteiger partial charge on any atom is -0.341 e. The molecule has 0 aliphatic carbocycles. The van der Waals surface area contributed by atoms with Crippen LogP contribution in [0.1, 0.15) is 16.8 Å². The fraction of sp³-hybridized carbons (Fsp3) is 0.360. The lowest BCUT2D eigenvalue weighted by Crippen LogP contribution is -2.63. The highest BCUT2D eigenvalue weighted by Gasteiger charge is 2.46. The third kappa shape index (κ3) is 3.33. The second-order valence-electron chi connectivity index (χ2n) is 8.60. The standard InChI is InChI=1S/C25H28N4O/c1-28-23(20-10-6-3-7-11-20)21-12-14-29(15-13-22(21)27-28)24(30)25(17-26-18-25)16-19-8-4-2-5-9-19/h2-11,26H,12-18H2,1H3. The first-order valence-electron chi connectivity index (χ1n) is 10.8. The van der Waals surface area contributed by atoms with Crippen molar-refractivity contribution < 1.29 is 4.79 Å². The molecule has 1 aromatic heterocycles. The average molecular weight is 401 g/mol. The van der Waals surface area contributed by atoms with Crippen LogP contribution < -0.4 is 5.32 Å². The van der Waals surface area contributed by atoms with E-state index < -0.39 is 0 Å². The third-order valence-electron chi connectivity index (χ3n) is 6.58. The third-order valence-corrected chi connectivity index (χ3v) is 6.58. The van der Waals surface area contributed by atoms with E-state index in [0.29, 0.717) is 5.91 Å². The number of carbonyl (C=O) groups is 1. The van der Waals surface area contributed by atoms with Gasteiger partial charge in [0.2, 0.25) is 5.91 Å². The Balaban J connectivity index is 1.37. The fourth-order valence-corrected chi connectivity index (χ4v) is 4.95. The zero-order chi connectivity index (χ0) is 20.6. The zero-order valence-corrected chi connectivity index (χ0v) is 17.5. The van der Waals surface area contributed by atoms with Crippen molar-refractivity contribution in [2.75, 3.05) is 26.2 Å². The highest BCUT2D eigenvalue weighted by atomic mass is 16.2. The summed E-state index contributed by atoms with van der Waals surface area (Å²) in [5, 5.41) is 8.16. The molecule has 0 atom stereocenters. The van der Waals surface area contributed by atoms with Gasteiger partial charge in [-0.05, 0) is 18.4 Å². The summed E-state index contributed by atoms with van der Waals surface area (Å²) in [5.41, 5.74) is 5.73. The molecule has 1 fully saturated rings. The molecule has 30 heavy (non-hydrogen) atoms. The van der Waals surface area contributed by atoms with Gasteiger partial charge in [-0.2, -0.15) is 5.10 Å². The van der Waals surface area contributed by atoms with Gasteiger partial charge in [-0.3, -0.25) is 9.48 Å². The second-order valence-corrected chi connectivity index (χ2v) is 8.60. The number of fused-ring (bicyclic) bond motifs is 1. The quantitative estimate of drug-likeness (QED) is 0.733. The Hall–Kier alpha value is -2.92. The van der Waals surface area contributed by atoms with Gasteiger partial charge in [0.15, 0.2) is 0 Å². The van der Waals surface area contributed by atoms with Crippen LogP contribution in [-0.2, 0) is 31.1 Å². The van der Waals surface area contributed by atoms with Crippen LogP contribution >= 0.6 is 0 Å². The molecule has 5 nitrogen and oxygen atoms in total. The Morgan fingerprint density at radius 1 is 1.00 bits per heavy atom. The normalized spacial score (nSPS) is 17.7. The summed E-state index contributed by atoms with van der Waals surface area (Å²) in [4.78, 5) is 15.7. The topological polar surface area (TPSA) is 50.2 Å². The predicted octanol–water partition coefficient (Wildman–Crippen LogP) is 2.85. The number of nitrogens with zero attached hydrogens (tertiary/aromatic N) is 3. The van der Waals surface area contributed by atoms with E-state index >= 15 is 0 Å². The number of hydrogen-bond donors (Lipinski definition) is 1. The number of carbonyl (C=O) groups excluding carboxylic acids is 1. The highest BCUT2D eigenvalue weighted by molar-refractivity contribution is 5.85. The van der Waals surface area contributed by atoms with Gasteiger partial charge in [-0.25, -0.2) is 0 Å². The van der Waals surface area contributed by atoms with E-state index in [9.17, 15) is 4.79 Å². The van der Waals surface area contributed by atoms with Crippen molar-refractivity contribution in [3.8, 4) is 11.3 Å². The molecule has 5 heteroatoms. The van der Waals surface area contributed by atoms with E-state index in [1.165, 1.54) is 22.4 Å². The Kier molecular flexibility index (Phi) is 4.91. The molecule has 0 radical (unpaired) electrons. The Morgan fingerprint density at radius 2 is 1.67 bits per heavy atom. The minimum absolute atomic E-state index is 0.292. The number of benzene rings is 2. The Morgan fingerprint density at radius 3 is 2.33 bits per heavy atom. The Labute approximate surface area is 177 Å². The van der Waals surface area contributed by atoms with E-state index in [1.807, 2.05) is 23.9 Å². The van der Waals surface area contributed by atoms with Gasteiger partial charge in [0, 0.05) is 50.8 Å². The van der Waals surface area contributed by atoms with Gasteiger partial charge in [-0.15, -0.1) is 0 Å². The first kappa shape index (κ1) is 19.1. The number of nitrogens with one attached hydrogen (secondary N) is 1. The lowest BCUT2D eigenvalue weighted by molar-refractivity contribution is -0.145. The molecule has 0 saturated carbocycles. The molecular formula is C25H28N4O. The summed E-state index contributed by atoms with van der Waals surface area (Å²) in [6.07, 6.45) is 2.47. The lowest BCUT2D eigenvalue weighted by Gasteiger charge is -2.44. The monoisotopic (exact) mass is 400 g/mol. The first-order chi connectivity index (χ1) is 14.7. The minimum atomic E-state index is -0.309. The molecule has 5 rings (SSSR count). The van der Waals surface area contributed by atoms with Crippen molar-refractivity contribution in [1.29, 1.82) is 0 Å². The number of aryl methyl sites for hydroxylation is 1. The molecule has 2 aliphatic heterocycles. The molecule has 0 unspecified atom stereocenters. The predicted molar refractivity (Wildman–Crippen MR) is 118 cm³/mol. The maximum atomic E-state index is 13.6. The lowest BCUT2D eigenvalue weighted by atomic mass is 9.75. The van der Waals surface area contributed by atoms with Crippen LogP contribution in [0.2, 0.25) is 0 Å². The van der Waals surface area contributed by atoms with Crippen LogP contribution in [0.3, 0.4) is 0 Å². The Bertz CT molecular complexity index is 1040. The van der Waals surface area contributed by atoms with Crippen LogP contribution in [0.5, 0.6) is 0 Å². The van der Waals surface area contributed by atoms with E-state index in [0.717, 1.165) is 51.1 Å². The van der Waals surface area contributed by atoms with Gasteiger partial charge in [-0.1, -0.05) is 60.7 Å². The summed E-state index contributed by atoms with van der Waals surface area (Å²) >= 11 is 0. The zero-order valence-electron chi connectivity index (χ0n) is 17.5. The molecule has 2 aliphatic rings. The second kappa shape index (κ2) is 7.73. The highest BCUT2D eigenvalue weighted by Crippen LogP contribution is 2.33. The summed E-state index contributed by atoms with van der Waals surface area (Å²) in [7, 11) is 2.02. The van der Waals surface area contributed by atoms with Crippen LogP contribution in [0, 0.1) is 5.41 Å². The van der Waals surface area contributed by atoms with E-state index in [2.05, 4.69) is 58.7 Å². The van der Waals surface area contributed by atoms with Gasteiger partial charge in [0.1, 0.15) is 0 Å². The van der Waals surface area contributed by atoms with Crippen molar-refractivity contribution in [2.24, 2.45) is 12.5 Å². The summed E-state index contributed by atoms with van der Waals surface area (Å²) in [5.74, 6) is 0.292. The fourth-order valence-electron chi connectivity index (χ4n) is 4.95. The largest absolute Gasteiger partial charge is 0.341 e. The van der Waals surface area contributed by atoms with Crippen LogP contribution in [0.4, 0.5) is 0 Å². The SMILES string of the molecule is Cn1nc2c(c1-c1ccccc1)CCN(C(=O)C1(Cc3ccccc3)CNC1)CC2. The van der Waals surface area contributed by atoms with Gasteiger partial charge >= 0.3 is 0 Å². The van der Waals surface area contributed by atoms with Gasteiger partial charge < -0.3 is 10.2 Å². The van der Waals surface area contributed by atoms with Gasteiger partial charge in [0.05, 0.1) is 16.8 Å². The van der Waals surface area contributed by atoms with Crippen molar-refractivity contribution in [2.45, 2.75) is 19.3 Å². The smallest absolute Gasteiger partial charge is 0.231 e. The first-order valence-corrected chi connectivity index (χ1v) is 10.8. The van der Waals surface area contributed by atoms with Crippen LogP contribution in [0.15, 0.2) is 60.7 Å². The van der Waals surface area contributed by atoms with E-state index in [4.69, 9.17) is 5.10 Å². The molecule has 1 amide bonds. The maximum absolute atomic E-state index is 13.6. The van der Waals surface area contributed by atoms with Crippen LogP contribution in [0.25, 0.3) is 11.3 Å². The van der Waals surface area contributed by atoms with Crippen molar-refractivity contribution in [1.82, 2.24) is 20.0 Å². The molecule has 0 bridgehead atoms. The molecule has 154 valence electrons. The number of hydrogen-bond acceptors (Lipinski definition) is 3. The van der Waals surface area contributed by atoms with Crippen molar-refractivity contribution >= 4 is 5.91 Å². The summed E-state index contributed by atoms with van der Waals surface area (Å²) in [6.45, 7) is 3.03. The molecule has 0 spiro atoms. The molecule has 1 N–H and O–H groups in total. The van der Waals surface area contributed by atoms with Crippen molar-refractivity contribution in [3.05, 3.63) is 77.5 Å². The maximum Gasteiger partial charge on any atom is 0.231 e. The molecule has 1 saturated heterocycles. The molecular weight excluding hydrogens is 372 g/mol. The average Bonchev–Trinajstić information content (AvgIpc) is 2.92. The molecule has 2 aromatic carbocycles. The van der Waals surface area contributed by atoms with Crippen molar-refractivity contribution in [3.63, 3.8) is 0 Å². The van der Waals surface area contributed by atoms with E-state index in [1.54, 1.807) is 0 Å². The molecule has 3 heterocycles. The number of aromatic nitrogens is 2. The van der Waals surface area contributed by atoms with Gasteiger partial charge in [0.25, 0.3) is 0 Å². The summed E-state index contributed by atoms with van der Waals surface area (Å²) in [6, 6.07) is 20.8.